The van der Waals surface area contributed by atoms with Crippen molar-refractivity contribution in [2.24, 2.45) is 0 Å². The van der Waals surface area contributed by atoms with Crippen LogP contribution >= 0.6 is 27.5 Å². The first-order valence-electron chi connectivity index (χ1n) is 5.62. The molecule has 2 rings (SSSR count). The third-order valence-electron chi connectivity index (χ3n) is 2.40. The van der Waals surface area contributed by atoms with Gasteiger partial charge in [0.1, 0.15) is 0 Å². The van der Waals surface area contributed by atoms with Gasteiger partial charge >= 0.3 is 0 Å². The number of hydrogen-bond donors (Lipinski definition) is 1. The quantitative estimate of drug-likeness (QED) is 0.860. The third kappa shape index (κ3) is 3.78. The lowest BCUT2D eigenvalue weighted by Gasteiger charge is -2.06. The van der Waals surface area contributed by atoms with Gasteiger partial charge in [-0.15, -0.1) is 0 Å². The molecule has 20 heavy (non-hydrogen) atoms. The second kappa shape index (κ2) is 6.21. The minimum atomic E-state index is -3.59. The Kier molecular flexibility index (Phi) is 4.79. The first kappa shape index (κ1) is 15.4. The Morgan fingerprint density at radius 2 is 2.20 bits per heavy atom. The van der Waals surface area contributed by atoms with E-state index in [0.717, 1.165) is 0 Å². The smallest absolute Gasteiger partial charge is 0.240 e. The van der Waals surface area contributed by atoms with Gasteiger partial charge < -0.3 is 4.52 Å². The molecule has 0 saturated heterocycles. The van der Waals surface area contributed by atoms with Gasteiger partial charge in [-0.3, -0.25) is 0 Å². The first-order chi connectivity index (χ1) is 9.38. The van der Waals surface area contributed by atoms with Gasteiger partial charge in [0, 0.05) is 17.4 Å². The Hall–Kier alpha value is -0.960. The molecule has 6 nitrogen and oxygen atoms in total. The molecular weight excluding hydrogens is 370 g/mol. The van der Waals surface area contributed by atoms with Crippen LogP contribution in [0.3, 0.4) is 0 Å². The average molecular weight is 381 g/mol. The zero-order chi connectivity index (χ0) is 14.8. The van der Waals surface area contributed by atoms with E-state index < -0.39 is 10.0 Å². The van der Waals surface area contributed by atoms with Crippen LogP contribution in [0.25, 0.3) is 0 Å². The van der Waals surface area contributed by atoms with E-state index >= 15 is 0 Å². The number of rotatable bonds is 5. The monoisotopic (exact) mass is 379 g/mol. The summed E-state index contributed by atoms with van der Waals surface area (Å²) in [6.07, 6.45) is 0.328. The van der Waals surface area contributed by atoms with Gasteiger partial charge in [-0.25, -0.2) is 13.1 Å². The summed E-state index contributed by atoms with van der Waals surface area (Å²) in [4.78, 5) is 4.13. The van der Waals surface area contributed by atoms with Crippen LogP contribution in [0.4, 0.5) is 0 Å². The van der Waals surface area contributed by atoms with E-state index in [1.807, 2.05) is 0 Å². The number of aryl methyl sites for hydroxylation is 1. The Labute approximate surface area is 129 Å². The summed E-state index contributed by atoms with van der Waals surface area (Å²) in [7, 11) is -3.59. The lowest BCUT2D eigenvalue weighted by atomic mass is 10.4. The standard InChI is InChI=1S/C11H11BrClN3O3S/c1-7-15-11(19-16-7)4-5-14-20(17,18)8-2-3-10(13)9(12)6-8/h2-3,6,14H,4-5H2,1H3. The largest absolute Gasteiger partial charge is 0.339 e. The van der Waals surface area contributed by atoms with Crippen LogP contribution in [0.15, 0.2) is 32.1 Å². The third-order valence-corrected chi connectivity index (χ3v) is 5.07. The fraction of sp³-hybridized carbons (Fsp3) is 0.273. The number of hydrogen-bond acceptors (Lipinski definition) is 5. The SMILES string of the molecule is Cc1noc(CCNS(=O)(=O)c2ccc(Cl)c(Br)c2)n1. The molecule has 0 saturated carbocycles. The summed E-state index contributed by atoms with van der Waals surface area (Å²) in [6.45, 7) is 1.87. The van der Waals surface area contributed by atoms with Crippen molar-refractivity contribution in [1.29, 1.82) is 0 Å². The molecule has 0 amide bonds. The van der Waals surface area contributed by atoms with Crippen molar-refractivity contribution in [2.45, 2.75) is 18.2 Å². The maximum Gasteiger partial charge on any atom is 0.240 e. The fourth-order valence-corrected chi connectivity index (χ4v) is 3.17. The summed E-state index contributed by atoms with van der Waals surface area (Å²) in [6, 6.07) is 4.40. The lowest BCUT2D eigenvalue weighted by molar-refractivity contribution is 0.375. The Morgan fingerprint density at radius 1 is 1.45 bits per heavy atom. The fourth-order valence-electron chi connectivity index (χ4n) is 1.46. The Bertz CT molecular complexity index is 717. The second-order valence-corrected chi connectivity index (χ2v) is 6.99. The van der Waals surface area contributed by atoms with Crippen molar-refractivity contribution in [2.75, 3.05) is 6.54 Å². The van der Waals surface area contributed by atoms with Crippen molar-refractivity contribution in [1.82, 2.24) is 14.9 Å². The van der Waals surface area contributed by atoms with E-state index in [4.69, 9.17) is 16.1 Å². The van der Waals surface area contributed by atoms with Gasteiger partial charge in [0.15, 0.2) is 5.82 Å². The number of sulfonamides is 1. The van der Waals surface area contributed by atoms with E-state index in [2.05, 4.69) is 30.8 Å². The highest BCUT2D eigenvalue weighted by Gasteiger charge is 2.15. The highest BCUT2D eigenvalue weighted by Crippen LogP contribution is 2.25. The molecule has 0 spiro atoms. The molecule has 0 unspecified atom stereocenters. The molecule has 1 aromatic heterocycles. The molecule has 108 valence electrons. The number of nitrogens with one attached hydrogen (secondary N) is 1. The zero-order valence-corrected chi connectivity index (χ0v) is 13.6. The lowest BCUT2D eigenvalue weighted by Crippen LogP contribution is -2.26. The van der Waals surface area contributed by atoms with Crippen LogP contribution in [0.1, 0.15) is 11.7 Å². The minimum Gasteiger partial charge on any atom is -0.339 e. The summed E-state index contributed by atoms with van der Waals surface area (Å²) in [5.74, 6) is 0.909. The Balaban J connectivity index is 2.02. The van der Waals surface area contributed by atoms with Crippen LogP contribution in [0, 0.1) is 6.92 Å². The molecule has 1 heterocycles. The van der Waals surface area contributed by atoms with Crippen molar-refractivity contribution in [3.8, 4) is 0 Å². The summed E-state index contributed by atoms with van der Waals surface area (Å²) in [5, 5.41) is 4.08. The van der Waals surface area contributed by atoms with E-state index in [-0.39, 0.29) is 11.4 Å². The van der Waals surface area contributed by atoms with E-state index in [1.165, 1.54) is 18.2 Å². The van der Waals surface area contributed by atoms with Crippen molar-refractivity contribution in [3.05, 3.63) is 39.4 Å². The van der Waals surface area contributed by atoms with E-state index in [0.29, 0.717) is 27.6 Å². The van der Waals surface area contributed by atoms with Crippen LogP contribution in [-0.4, -0.2) is 25.1 Å². The number of aromatic nitrogens is 2. The molecule has 0 aliphatic heterocycles. The maximum absolute atomic E-state index is 12.0. The van der Waals surface area contributed by atoms with Gasteiger partial charge in [0.2, 0.25) is 15.9 Å². The van der Waals surface area contributed by atoms with E-state index in [9.17, 15) is 8.42 Å². The zero-order valence-electron chi connectivity index (χ0n) is 10.4. The first-order valence-corrected chi connectivity index (χ1v) is 8.28. The molecule has 1 N–H and O–H groups in total. The molecule has 0 atom stereocenters. The Morgan fingerprint density at radius 3 is 2.80 bits per heavy atom. The van der Waals surface area contributed by atoms with Gasteiger partial charge in [-0.05, 0) is 41.1 Å². The topological polar surface area (TPSA) is 85.1 Å². The average Bonchev–Trinajstić information content (AvgIpc) is 2.78. The summed E-state index contributed by atoms with van der Waals surface area (Å²) >= 11 is 9.02. The second-order valence-electron chi connectivity index (χ2n) is 3.96. The molecular formula is C11H11BrClN3O3S. The number of nitrogens with zero attached hydrogens (tertiary/aromatic N) is 2. The van der Waals surface area contributed by atoms with Crippen LogP contribution in [0.5, 0.6) is 0 Å². The predicted octanol–water partition coefficient (Wildman–Crippen LogP) is 2.31. The van der Waals surface area contributed by atoms with Crippen molar-refractivity contribution in [3.63, 3.8) is 0 Å². The van der Waals surface area contributed by atoms with E-state index in [1.54, 1.807) is 6.92 Å². The molecule has 1 aromatic carbocycles. The molecule has 9 heteroatoms. The van der Waals surface area contributed by atoms with Gasteiger partial charge in [-0.2, -0.15) is 4.98 Å². The highest BCUT2D eigenvalue weighted by molar-refractivity contribution is 9.10. The molecule has 0 bridgehead atoms. The number of halogens is 2. The van der Waals surface area contributed by atoms with Crippen molar-refractivity contribution < 1.29 is 12.9 Å². The van der Waals surface area contributed by atoms with Gasteiger partial charge in [-0.1, -0.05) is 16.8 Å². The van der Waals surface area contributed by atoms with Crippen molar-refractivity contribution >= 4 is 37.6 Å². The summed E-state index contributed by atoms with van der Waals surface area (Å²) < 4.78 is 32.0. The van der Waals surface area contributed by atoms with Gasteiger partial charge in [0.05, 0.1) is 9.92 Å². The number of benzene rings is 1. The predicted molar refractivity (Wildman–Crippen MR) is 77.1 cm³/mol. The van der Waals surface area contributed by atoms with Crippen LogP contribution in [0.2, 0.25) is 5.02 Å². The van der Waals surface area contributed by atoms with Crippen LogP contribution < -0.4 is 4.72 Å². The minimum absolute atomic E-state index is 0.135. The molecule has 2 aromatic rings. The maximum atomic E-state index is 12.0. The normalized spacial score (nSPS) is 11.8. The molecule has 0 radical (unpaired) electrons. The molecule has 0 aliphatic rings. The summed E-state index contributed by atoms with van der Waals surface area (Å²) in [5.41, 5.74) is 0. The van der Waals surface area contributed by atoms with Crippen LogP contribution in [-0.2, 0) is 16.4 Å². The highest BCUT2D eigenvalue weighted by atomic mass is 79.9. The molecule has 0 aliphatic carbocycles. The van der Waals surface area contributed by atoms with Gasteiger partial charge in [0.25, 0.3) is 0 Å². The molecule has 0 fully saturated rings.